The third-order valence-electron chi connectivity index (χ3n) is 7.19. The Morgan fingerprint density at radius 2 is 2.00 bits per heavy atom. The molecular formula is C30H34ClN4O7S2. The molecule has 0 spiro atoms. The lowest BCUT2D eigenvalue weighted by Gasteiger charge is -2.26. The number of carbonyl (C=O) groups excluding carboxylic acids is 2. The average molecular weight is 662 g/mol. The highest BCUT2D eigenvalue weighted by Crippen LogP contribution is 2.39. The molecule has 1 saturated carbocycles. The second-order valence-electron chi connectivity index (χ2n) is 11.7. The van der Waals surface area contributed by atoms with E-state index in [1.54, 1.807) is 25.5 Å². The number of carbonyl (C=O) groups is 2. The molecule has 3 heterocycles. The molecular weight excluding hydrogens is 628 g/mol. The number of thiophene rings is 1. The largest absolute Gasteiger partial charge is 0.443 e. The molecule has 1 aromatic carbocycles. The molecule has 0 unspecified atom stereocenters. The van der Waals surface area contributed by atoms with Crippen molar-refractivity contribution in [1.29, 1.82) is 0 Å². The summed E-state index contributed by atoms with van der Waals surface area (Å²) in [5.74, 6) is -0.0309. The van der Waals surface area contributed by atoms with Crippen molar-refractivity contribution >= 4 is 50.9 Å². The number of anilines is 1. The van der Waals surface area contributed by atoms with Gasteiger partial charge in [0.15, 0.2) is 0 Å². The van der Waals surface area contributed by atoms with E-state index in [4.69, 9.17) is 25.3 Å². The molecule has 0 saturated heterocycles. The van der Waals surface area contributed by atoms with E-state index in [1.807, 2.05) is 37.6 Å². The predicted molar refractivity (Wildman–Crippen MR) is 166 cm³/mol. The standard InChI is InChI=1S/C30H34ClN4O7S2/c1-17-22(27-23-12-20(31)7-6-19(23)9-10-40-27)13-25(43-17)26(36)24-14-32-16-33-28(24)34-21-8-5-18(11-21)15-41-44(38,39)35-29(37)42-30(2,3)4/h5-7,12-14,16,18,21,27H,8-11,15H2,1-4H3,(H,35,37)(H,32,33,34)/t18-,21-,27+/m1/s1. The van der Waals surface area contributed by atoms with Gasteiger partial charge in [0.05, 0.1) is 23.7 Å². The van der Waals surface area contributed by atoms with Crippen molar-refractivity contribution in [1.82, 2.24) is 14.7 Å². The number of ether oxygens (including phenoxy) is 2. The number of amides is 1. The lowest BCUT2D eigenvalue weighted by Crippen LogP contribution is -2.37. The molecule has 2 aromatic heterocycles. The number of aromatic nitrogens is 2. The smallest absolute Gasteiger partial charge is 0.423 e. The van der Waals surface area contributed by atoms with Crippen LogP contribution in [0.5, 0.6) is 0 Å². The van der Waals surface area contributed by atoms with Gasteiger partial charge in [-0.1, -0.05) is 17.7 Å². The van der Waals surface area contributed by atoms with Crippen LogP contribution in [0, 0.1) is 19.3 Å². The summed E-state index contributed by atoms with van der Waals surface area (Å²) in [6.07, 6.45) is 5.31. The third-order valence-corrected chi connectivity index (χ3v) is 9.36. The van der Waals surface area contributed by atoms with Crippen LogP contribution in [0.2, 0.25) is 5.02 Å². The molecule has 3 aromatic rings. The number of ketones is 1. The summed E-state index contributed by atoms with van der Waals surface area (Å²) in [5, 5.41) is 3.95. The van der Waals surface area contributed by atoms with Crippen LogP contribution in [0.4, 0.5) is 10.6 Å². The van der Waals surface area contributed by atoms with Crippen LogP contribution < -0.4 is 10.0 Å². The molecule has 235 valence electrons. The number of rotatable bonds is 9. The second-order valence-corrected chi connectivity index (χ2v) is 14.8. The predicted octanol–water partition coefficient (Wildman–Crippen LogP) is 5.57. The molecule has 1 amide bonds. The first-order valence-corrected chi connectivity index (χ1v) is 16.7. The van der Waals surface area contributed by atoms with Crippen LogP contribution in [-0.4, -0.2) is 55.1 Å². The Kier molecular flexibility index (Phi) is 9.61. The Morgan fingerprint density at radius 3 is 2.77 bits per heavy atom. The van der Waals surface area contributed by atoms with Crippen LogP contribution in [0.25, 0.3) is 0 Å². The quantitative estimate of drug-likeness (QED) is 0.279. The summed E-state index contributed by atoms with van der Waals surface area (Å²) >= 11 is 7.69. The minimum absolute atomic E-state index is 0.121. The van der Waals surface area contributed by atoms with E-state index in [9.17, 15) is 18.0 Å². The zero-order valence-corrected chi connectivity index (χ0v) is 27.1. The minimum Gasteiger partial charge on any atom is -0.443 e. The SMILES string of the molecule is Cc1sc(C(=O)c2cncnc2N[C@@H]2C[CH][C@@H](COS(=O)(=O)NC(=O)OC(C)(C)C)C2)cc1[C@@H]1OCCc2ccc(Cl)cc21. The molecule has 5 rings (SSSR count). The molecule has 0 bridgehead atoms. The van der Waals surface area contributed by atoms with E-state index in [-0.39, 0.29) is 30.5 Å². The molecule has 1 fully saturated rings. The van der Waals surface area contributed by atoms with Gasteiger partial charge in [-0.2, -0.15) is 13.1 Å². The number of benzene rings is 1. The highest BCUT2D eigenvalue weighted by Gasteiger charge is 2.31. The Morgan fingerprint density at radius 1 is 1.20 bits per heavy atom. The zero-order valence-electron chi connectivity index (χ0n) is 24.8. The normalized spacial score (nSPS) is 20.2. The van der Waals surface area contributed by atoms with Crippen molar-refractivity contribution in [3.8, 4) is 0 Å². The molecule has 11 nitrogen and oxygen atoms in total. The van der Waals surface area contributed by atoms with Gasteiger partial charge in [0, 0.05) is 22.1 Å². The van der Waals surface area contributed by atoms with Gasteiger partial charge in [0.2, 0.25) is 5.78 Å². The van der Waals surface area contributed by atoms with Crippen LogP contribution in [0.1, 0.15) is 76.5 Å². The number of hydrogen-bond donors (Lipinski definition) is 2. The van der Waals surface area contributed by atoms with Crippen LogP contribution in [0.15, 0.2) is 36.8 Å². The van der Waals surface area contributed by atoms with Gasteiger partial charge in [-0.15, -0.1) is 11.3 Å². The topological polar surface area (TPSA) is 146 Å². The Hall–Kier alpha value is -3.10. The van der Waals surface area contributed by atoms with E-state index < -0.39 is 22.0 Å². The van der Waals surface area contributed by atoms with Crippen molar-refractivity contribution in [2.75, 3.05) is 18.5 Å². The van der Waals surface area contributed by atoms with E-state index >= 15 is 0 Å². The fourth-order valence-corrected chi connectivity index (χ4v) is 7.09. The summed E-state index contributed by atoms with van der Waals surface area (Å²) < 4.78 is 42.2. The molecule has 44 heavy (non-hydrogen) atoms. The van der Waals surface area contributed by atoms with Crippen molar-refractivity contribution in [2.24, 2.45) is 5.92 Å². The maximum absolute atomic E-state index is 13.7. The molecule has 1 radical (unpaired) electrons. The molecule has 2 N–H and O–H groups in total. The maximum Gasteiger partial charge on any atom is 0.423 e. The number of aryl methyl sites for hydroxylation is 1. The van der Waals surface area contributed by atoms with E-state index in [0.29, 0.717) is 40.7 Å². The van der Waals surface area contributed by atoms with E-state index in [0.717, 1.165) is 22.4 Å². The minimum atomic E-state index is -4.34. The van der Waals surface area contributed by atoms with Gasteiger partial charge in [0.25, 0.3) is 0 Å². The van der Waals surface area contributed by atoms with Crippen LogP contribution in [0.3, 0.4) is 0 Å². The molecule has 3 atom stereocenters. The van der Waals surface area contributed by atoms with Crippen molar-refractivity contribution < 1.29 is 31.7 Å². The Labute approximate surface area is 265 Å². The van der Waals surface area contributed by atoms with Gasteiger partial charge in [0.1, 0.15) is 23.9 Å². The van der Waals surface area contributed by atoms with Crippen LogP contribution in [-0.2, 0) is 30.4 Å². The van der Waals surface area contributed by atoms with Gasteiger partial charge >= 0.3 is 16.4 Å². The van der Waals surface area contributed by atoms with E-state index in [2.05, 4.69) is 15.3 Å². The van der Waals surface area contributed by atoms with Gasteiger partial charge in [-0.25, -0.2) is 14.8 Å². The zero-order chi connectivity index (χ0) is 31.6. The summed E-state index contributed by atoms with van der Waals surface area (Å²) in [6.45, 7) is 7.27. The first kappa shape index (κ1) is 32.3. The third kappa shape index (κ3) is 7.94. The van der Waals surface area contributed by atoms with Gasteiger partial charge in [-0.3, -0.25) is 8.98 Å². The molecule has 2 aliphatic rings. The number of nitrogens with zero attached hydrogens (tertiary/aromatic N) is 2. The first-order chi connectivity index (χ1) is 20.8. The molecule has 1 aliphatic carbocycles. The van der Waals surface area contributed by atoms with Crippen molar-refractivity contribution in [3.63, 3.8) is 0 Å². The maximum atomic E-state index is 13.7. The Bertz CT molecular complexity index is 1650. The second kappa shape index (κ2) is 13.1. The summed E-state index contributed by atoms with van der Waals surface area (Å²) in [5.41, 5.74) is 2.60. The van der Waals surface area contributed by atoms with Crippen molar-refractivity contribution in [2.45, 2.75) is 64.7 Å². The lowest BCUT2D eigenvalue weighted by atomic mass is 9.93. The number of halogens is 1. The first-order valence-electron chi connectivity index (χ1n) is 14.1. The molecule has 14 heteroatoms. The summed E-state index contributed by atoms with van der Waals surface area (Å²) in [4.78, 5) is 35.5. The van der Waals surface area contributed by atoms with Gasteiger partial charge < -0.3 is 14.8 Å². The van der Waals surface area contributed by atoms with E-state index in [1.165, 1.54) is 29.4 Å². The van der Waals surface area contributed by atoms with Gasteiger partial charge in [-0.05, 0) is 94.2 Å². The summed E-state index contributed by atoms with van der Waals surface area (Å²) in [7, 11) is -4.34. The summed E-state index contributed by atoms with van der Waals surface area (Å²) in [6, 6.07) is 7.59. The monoisotopic (exact) mass is 661 g/mol. The number of nitrogens with one attached hydrogen (secondary N) is 2. The fraction of sp³-hybridized carbons (Fsp3) is 0.433. The fourth-order valence-electron chi connectivity index (χ4n) is 5.25. The average Bonchev–Trinajstić information content (AvgIpc) is 3.56. The van der Waals surface area contributed by atoms with Crippen molar-refractivity contribution in [3.05, 3.63) is 80.2 Å². The number of fused-ring (bicyclic) bond motifs is 1. The number of hydrogen-bond acceptors (Lipinski definition) is 11. The highest BCUT2D eigenvalue weighted by molar-refractivity contribution is 7.85. The lowest BCUT2D eigenvalue weighted by molar-refractivity contribution is 0.0562. The molecule has 1 aliphatic heterocycles. The Balaban J connectivity index is 1.23. The van der Waals surface area contributed by atoms with Crippen LogP contribution >= 0.6 is 22.9 Å². The highest BCUT2D eigenvalue weighted by atomic mass is 35.5.